The molecule has 7 nitrogen and oxygen atoms in total. The van der Waals surface area contributed by atoms with Gasteiger partial charge in [-0.1, -0.05) is 17.3 Å². The summed E-state index contributed by atoms with van der Waals surface area (Å²) in [6.07, 6.45) is 2.01. The van der Waals surface area contributed by atoms with E-state index in [2.05, 4.69) is 15.3 Å². The lowest BCUT2D eigenvalue weighted by atomic mass is 10.0. The summed E-state index contributed by atoms with van der Waals surface area (Å²) in [5.74, 6) is -0.481. The molecular weight excluding hydrogens is 320 g/mol. The third-order valence-electron chi connectivity index (χ3n) is 4.06. The van der Waals surface area contributed by atoms with Crippen LogP contribution in [0.2, 0.25) is 0 Å². The molecule has 3 aromatic rings. The number of hydrogen-bond donors (Lipinski definition) is 1. The Morgan fingerprint density at radius 1 is 1.36 bits per heavy atom. The van der Waals surface area contributed by atoms with Crippen molar-refractivity contribution in [2.45, 2.75) is 26.3 Å². The first-order valence-electron chi connectivity index (χ1n) is 8.22. The van der Waals surface area contributed by atoms with E-state index in [-0.39, 0.29) is 31.4 Å². The van der Waals surface area contributed by atoms with Crippen LogP contribution in [-0.4, -0.2) is 44.3 Å². The van der Waals surface area contributed by atoms with Gasteiger partial charge in [0.15, 0.2) is 5.69 Å². The molecule has 0 radical (unpaired) electrons. The maximum absolute atomic E-state index is 12.4. The highest BCUT2D eigenvalue weighted by atomic mass is 16.5. The Bertz CT molecular complexity index is 891. The van der Waals surface area contributed by atoms with E-state index in [9.17, 15) is 9.90 Å². The van der Waals surface area contributed by atoms with Crippen molar-refractivity contribution in [3.05, 3.63) is 53.5 Å². The van der Waals surface area contributed by atoms with Crippen molar-refractivity contribution >= 4 is 16.9 Å². The Balaban J connectivity index is 2.02. The molecule has 1 N–H and O–H groups in total. The lowest BCUT2D eigenvalue weighted by molar-refractivity contribution is 0.0509. The van der Waals surface area contributed by atoms with Gasteiger partial charge in [-0.2, -0.15) is 0 Å². The molecule has 0 bridgehead atoms. The normalized spacial score (nSPS) is 12.3. The molecule has 0 amide bonds. The first-order chi connectivity index (χ1) is 12.2. The van der Waals surface area contributed by atoms with Crippen molar-refractivity contribution in [3.8, 4) is 0 Å². The van der Waals surface area contributed by atoms with E-state index in [1.165, 1.54) is 0 Å². The van der Waals surface area contributed by atoms with Crippen LogP contribution in [0.25, 0.3) is 10.9 Å². The highest BCUT2D eigenvalue weighted by molar-refractivity contribution is 5.88. The van der Waals surface area contributed by atoms with Crippen LogP contribution in [-0.2, 0) is 11.2 Å². The summed E-state index contributed by atoms with van der Waals surface area (Å²) in [4.78, 5) is 16.7. The first kappa shape index (κ1) is 17.0. The summed E-state index contributed by atoms with van der Waals surface area (Å²) >= 11 is 0. The number of hydrogen-bond acceptors (Lipinski definition) is 6. The number of aromatic nitrogens is 4. The quantitative estimate of drug-likeness (QED) is 0.692. The molecule has 0 aliphatic rings. The molecule has 0 saturated carbocycles. The number of esters is 1. The summed E-state index contributed by atoms with van der Waals surface area (Å²) in [6, 6.07) is 9.58. The largest absolute Gasteiger partial charge is 0.461 e. The minimum absolute atomic E-state index is 0.110. The second-order valence-corrected chi connectivity index (χ2v) is 5.65. The van der Waals surface area contributed by atoms with Crippen LogP contribution in [0.5, 0.6) is 0 Å². The van der Waals surface area contributed by atoms with Crippen molar-refractivity contribution < 1.29 is 14.6 Å². The number of carbonyl (C=O) groups excluding carboxylic acids is 1. The number of aliphatic hydroxyl groups excluding tert-OH is 1. The molecule has 0 aliphatic heterocycles. The standard InChI is InChI=1S/C18H20N4O3/c1-3-25-18(24)17-16(8-10-23)20-21-22(17)12(2)13-6-7-15-14(11-13)5-4-9-19-15/h4-7,9,11-12,23H,3,8,10H2,1-2H3. The van der Waals surface area contributed by atoms with Gasteiger partial charge in [-0.3, -0.25) is 4.98 Å². The van der Waals surface area contributed by atoms with Crippen LogP contribution in [0, 0.1) is 0 Å². The SMILES string of the molecule is CCOC(=O)c1c(CCO)nnn1C(C)c1ccc2ncccc2c1. The lowest BCUT2D eigenvalue weighted by Gasteiger charge is -2.15. The maximum Gasteiger partial charge on any atom is 0.358 e. The molecule has 7 heteroatoms. The monoisotopic (exact) mass is 340 g/mol. The molecule has 0 aliphatic carbocycles. The molecule has 0 saturated heterocycles. The van der Waals surface area contributed by atoms with Gasteiger partial charge in [-0.25, -0.2) is 9.48 Å². The molecule has 2 aromatic heterocycles. The van der Waals surface area contributed by atoms with Crippen molar-refractivity contribution in [3.63, 3.8) is 0 Å². The Morgan fingerprint density at radius 2 is 2.20 bits per heavy atom. The van der Waals surface area contributed by atoms with Gasteiger partial charge in [-0.15, -0.1) is 5.10 Å². The second kappa shape index (κ2) is 7.40. The van der Waals surface area contributed by atoms with Crippen molar-refractivity contribution in [2.24, 2.45) is 0 Å². The summed E-state index contributed by atoms with van der Waals surface area (Å²) in [5, 5.41) is 18.4. The zero-order chi connectivity index (χ0) is 17.8. The number of aliphatic hydroxyl groups is 1. The fourth-order valence-electron chi connectivity index (χ4n) is 2.78. The molecule has 3 rings (SSSR count). The van der Waals surface area contributed by atoms with E-state index in [4.69, 9.17) is 4.74 Å². The summed E-state index contributed by atoms with van der Waals surface area (Å²) in [6.45, 7) is 3.84. The Morgan fingerprint density at radius 3 is 2.96 bits per heavy atom. The average molecular weight is 340 g/mol. The molecule has 2 heterocycles. The van der Waals surface area contributed by atoms with Gasteiger partial charge in [0.05, 0.1) is 23.9 Å². The Hall–Kier alpha value is -2.80. The zero-order valence-electron chi connectivity index (χ0n) is 14.2. The fourth-order valence-corrected chi connectivity index (χ4v) is 2.78. The van der Waals surface area contributed by atoms with Gasteiger partial charge >= 0.3 is 5.97 Å². The fraction of sp³-hybridized carbons (Fsp3) is 0.333. The van der Waals surface area contributed by atoms with Gasteiger partial charge in [0, 0.05) is 24.6 Å². The van der Waals surface area contributed by atoms with Crippen LogP contribution < -0.4 is 0 Å². The van der Waals surface area contributed by atoms with E-state index in [1.54, 1.807) is 17.8 Å². The molecule has 130 valence electrons. The van der Waals surface area contributed by atoms with E-state index >= 15 is 0 Å². The van der Waals surface area contributed by atoms with Crippen LogP contribution in [0.3, 0.4) is 0 Å². The first-order valence-corrected chi connectivity index (χ1v) is 8.22. The van der Waals surface area contributed by atoms with Gasteiger partial charge in [0.1, 0.15) is 0 Å². The molecule has 0 fully saturated rings. The molecule has 1 unspecified atom stereocenters. The van der Waals surface area contributed by atoms with Crippen molar-refractivity contribution in [2.75, 3.05) is 13.2 Å². The minimum atomic E-state index is -0.481. The average Bonchev–Trinajstić information content (AvgIpc) is 3.05. The summed E-state index contributed by atoms with van der Waals surface area (Å²) < 4.78 is 6.69. The van der Waals surface area contributed by atoms with Crippen LogP contribution >= 0.6 is 0 Å². The topological polar surface area (TPSA) is 90.1 Å². The van der Waals surface area contributed by atoms with Crippen molar-refractivity contribution in [1.82, 2.24) is 20.0 Å². The highest BCUT2D eigenvalue weighted by Crippen LogP contribution is 2.24. The number of pyridine rings is 1. The summed E-state index contributed by atoms with van der Waals surface area (Å²) in [7, 11) is 0. The Kier molecular flexibility index (Phi) is 5.04. The number of nitrogens with zero attached hydrogens (tertiary/aromatic N) is 4. The minimum Gasteiger partial charge on any atom is -0.461 e. The number of carbonyl (C=O) groups is 1. The van der Waals surface area contributed by atoms with E-state index in [0.717, 1.165) is 16.5 Å². The predicted molar refractivity (Wildman–Crippen MR) is 92.3 cm³/mol. The predicted octanol–water partition coefficient (Wildman–Crippen LogP) is 2.15. The molecule has 25 heavy (non-hydrogen) atoms. The van der Waals surface area contributed by atoms with E-state index in [0.29, 0.717) is 5.69 Å². The van der Waals surface area contributed by atoms with Crippen LogP contribution in [0.4, 0.5) is 0 Å². The number of fused-ring (bicyclic) bond motifs is 1. The number of benzene rings is 1. The second-order valence-electron chi connectivity index (χ2n) is 5.65. The molecular formula is C18H20N4O3. The van der Waals surface area contributed by atoms with Gasteiger partial charge in [0.25, 0.3) is 0 Å². The Labute approximate surface area is 145 Å². The lowest BCUT2D eigenvalue weighted by Crippen LogP contribution is -2.19. The number of ether oxygens (including phenoxy) is 1. The molecule has 1 atom stereocenters. The molecule has 1 aromatic carbocycles. The zero-order valence-corrected chi connectivity index (χ0v) is 14.2. The van der Waals surface area contributed by atoms with E-state index < -0.39 is 5.97 Å². The van der Waals surface area contributed by atoms with Crippen LogP contribution in [0.1, 0.15) is 41.6 Å². The smallest absolute Gasteiger partial charge is 0.358 e. The maximum atomic E-state index is 12.4. The van der Waals surface area contributed by atoms with Crippen molar-refractivity contribution in [1.29, 1.82) is 0 Å². The third-order valence-corrected chi connectivity index (χ3v) is 4.06. The van der Waals surface area contributed by atoms with Crippen LogP contribution in [0.15, 0.2) is 36.5 Å². The van der Waals surface area contributed by atoms with Gasteiger partial charge < -0.3 is 9.84 Å². The highest BCUT2D eigenvalue weighted by Gasteiger charge is 2.25. The third kappa shape index (κ3) is 3.36. The van der Waals surface area contributed by atoms with Gasteiger partial charge in [0.2, 0.25) is 0 Å². The molecule has 0 spiro atoms. The summed E-state index contributed by atoms with van der Waals surface area (Å²) in [5.41, 5.74) is 2.61. The van der Waals surface area contributed by atoms with Gasteiger partial charge in [-0.05, 0) is 37.6 Å². The number of rotatable bonds is 6. The van der Waals surface area contributed by atoms with E-state index in [1.807, 2.05) is 37.3 Å².